The van der Waals surface area contributed by atoms with Crippen molar-refractivity contribution in [3.63, 3.8) is 0 Å². The third-order valence-corrected chi connectivity index (χ3v) is 2.33. The highest BCUT2D eigenvalue weighted by molar-refractivity contribution is 5.89. The standard InChI is InChI=1S/C9H15N5O/c1-14-9(11-6-12-14)13-8(15)4-5-10-7-2-3-7/h6-7,10H,2-5H2,1H3,(H,11,12,13,15). The van der Waals surface area contributed by atoms with Gasteiger partial charge in [0.15, 0.2) is 0 Å². The minimum absolute atomic E-state index is 0.0285. The van der Waals surface area contributed by atoms with E-state index in [1.54, 1.807) is 7.05 Å². The van der Waals surface area contributed by atoms with Gasteiger partial charge in [0.05, 0.1) is 0 Å². The van der Waals surface area contributed by atoms with Crippen molar-refractivity contribution in [2.75, 3.05) is 11.9 Å². The summed E-state index contributed by atoms with van der Waals surface area (Å²) in [7, 11) is 1.74. The van der Waals surface area contributed by atoms with Crippen molar-refractivity contribution in [2.24, 2.45) is 7.05 Å². The van der Waals surface area contributed by atoms with Gasteiger partial charge >= 0.3 is 0 Å². The van der Waals surface area contributed by atoms with E-state index in [0.29, 0.717) is 18.4 Å². The molecule has 0 spiro atoms. The molecule has 0 aliphatic heterocycles. The lowest BCUT2D eigenvalue weighted by molar-refractivity contribution is -0.116. The topological polar surface area (TPSA) is 71.8 Å². The van der Waals surface area contributed by atoms with Crippen LogP contribution in [0.4, 0.5) is 5.95 Å². The van der Waals surface area contributed by atoms with E-state index in [2.05, 4.69) is 20.7 Å². The fourth-order valence-electron chi connectivity index (χ4n) is 1.27. The quantitative estimate of drug-likeness (QED) is 0.710. The van der Waals surface area contributed by atoms with E-state index >= 15 is 0 Å². The van der Waals surface area contributed by atoms with E-state index in [1.807, 2.05) is 0 Å². The molecule has 1 fully saturated rings. The lowest BCUT2D eigenvalue weighted by Crippen LogP contribution is -2.24. The maximum atomic E-state index is 11.4. The predicted octanol–water partition coefficient (Wildman–Crippen LogP) is -0.104. The molecule has 2 rings (SSSR count). The molecule has 1 aliphatic rings. The van der Waals surface area contributed by atoms with E-state index in [9.17, 15) is 4.79 Å². The van der Waals surface area contributed by atoms with Crippen LogP contribution in [0.3, 0.4) is 0 Å². The van der Waals surface area contributed by atoms with Crippen LogP contribution in [0.5, 0.6) is 0 Å². The Morgan fingerprint density at radius 3 is 3.07 bits per heavy atom. The van der Waals surface area contributed by atoms with Gasteiger partial charge in [0.2, 0.25) is 11.9 Å². The lowest BCUT2D eigenvalue weighted by atomic mass is 10.4. The number of hydrogen-bond acceptors (Lipinski definition) is 4. The van der Waals surface area contributed by atoms with Crippen LogP contribution in [-0.2, 0) is 11.8 Å². The van der Waals surface area contributed by atoms with Gasteiger partial charge < -0.3 is 5.32 Å². The zero-order valence-electron chi connectivity index (χ0n) is 8.73. The zero-order valence-corrected chi connectivity index (χ0v) is 8.73. The second-order valence-corrected chi connectivity index (χ2v) is 3.73. The van der Waals surface area contributed by atoms with E-state index in [-0.39, 0.29) is 5.91 Å². The summed E-state index contributed by atoms with van der Waals surface area (Å²) in [5, 5.41) is 9.84. The Labute approximate surface area is 88.1 Å². The molecule has 1 aromatic heterocycles. The number of carbonyl (C=O) groups excluding carboxylic acids is 1. The first-order valence-corrected chi connectivity index (χ1v) is 5.13. The molecular formula is C9H15N5O. The summed E-state index contributed by atoms with van der Waals surface area (Å²) in [5.74, 6) is 0.464. The normalized spacial score (nSPS) is 15.3. The molecule has 2 N–H and O–H groups in total. The number of rotatable bonds is 5. The van der Waals surface area contributed by atoms with Crippen LogP contribution < -0.4 is 10.6 Å². The maximum absolute atomic E-state index is 11.4. The van der Waals surface area contributed by atoms with E-state index < -0.39 is 0 Å². The molecule has 15 heavy (non-hydrogen) atoms. The number of nitrogens with one attached hydrogen (secondary N) is 2. The summed E-state index contributed by atoms with van der Waals surface area (Å²) < 4.78 is 1.53. The molecule has 0 radical (unpaired) electrons. The van der Waals surface area contributed by atoms with Gasteiger partial charge in [0.25, 0.3) is 0 Å². The molecule has 0 unspecified atom stereocenters. The van der Waals surface area contributed by atoms with Crippen LogP contribution in [0, 0.1) is 0 Å². The molecule has 1 amide bonds. The third kappa shape index (κ3) is 3.02. The Bertz CT molecular complexity index is 344. The smallest absolute Gasteiger partial charge is 0.227 e. The van der Waals surface area contributed by atoms with Crippen LogP contribution in [0.15, 0.2) is 6.33 Å². The van der Waals surface area contributed by atoms with Crippen molar-refractivity contribution >= 4 is 11.9 Å². The highest BCUT2D eigenvalue weighted by Gasteiger charge is 2.20. The summed E-state index contributed by atoms with van der Waals surface area (Å²) >= 11 is 0. The fourth-order valence-corrected chi connectivity index (χ4v) is 1.27. The average Bonchev–Trinajstić information content (AvgIpc) is 2.93. The van der Waals surface area contributed by atoms with Gasteiger partial charge in [-0.3, -0.25) is 10.1 Å². The molecule has 6 heteroatoms. The Morgan fingerprint density at radius 1 is 1.67 bits per heavy atom. The van der Waals surface area contributed by atoms with E-state index in [4.69, 9.17) is 0 Å². The first-order valence-electron chi connectivity index (χ1n) is 5.13. The molecule has 1 heterocycles. The molecule has 82 valence electrons. The molecule has 1 saturated carbocycles. The Morgan fingerprint density at radius 2 is 2.47 bits per heavy atom. The number of nitrogens with zero attached hydrogens (tertiary/aromatic N) is 3. The molecule has 0 saturated heterocycles. The van der Waals surface area contributed by atoms with Crippen LogP contribution in [0.1, 0.15) is 19.3 Å². The second-order valence-electron chi connectivity index (χ2n) is 3.73. The van der Waals surface area contributed by atoms with Gasteiger partial charge in [-0.05, 0) is 12.8 Å². The maximum Gasteiger partial charge on any atom is 0.227 e. The summed E-state index contributed by atoms with van der Waals surface area (Å²) in [6, 6.07) is 0.646. The lowest BCUT2D eigenvalue weighted by Gasteiger charge is -2.04. The minimum atomic E-state index is -0.0285. The monoisotopic (exact) mass is 209 g/mol. The van der Waals surface area contributed by atoms with Crippen LogP contribution in [0.2, 0.25) is 0 Å². The largest absolute Gasteiger partial charge is 0.313 e. The first-order chi connectivity index (χ1) is 7.25. The van der Waals surface area contributed by atoms with Crippen molar-refractivity contribution in [2.45, 2.75) is 25.3 Å². The average molecular weight is 209 g/mol. The van der Waals surface area contributed by atoms with Gasteiger partial charge in [-0.2, -0.15) is 10.1 Å². The van der Waals surface area contributed by atoms with Crippen molar-refractivity contribution in [3.05, 3.63) is 6.33 Å². The Kier molecular flexibility index (Phi) is 2.96. The van der Waals surface area contributed by atoms with Gasteiger partial charge in [-0.15, -0.1) is 0 Å². The molecule has 0 bridgehead atoms. The van der Waals surface area contributed by atoms with Crippen molar-refractivity contribution in [1.29, 1.82) is 0 Å². The second kappa shape index (κ2) is 4.39. The third-order valence-electron chi connectivity index (χ3n) is 2.33. The van der Waals surface area contributed by atoms with Crippen molar-refractivity contribution in [3.8, 4) is 0 Å². The predicted molar refractivity (Wildman–Crippen MR) is 55.3 cm³/mol. The SMILES string of the molecule is Cn1ncnc1NC(=O)CCNC1CC1. The summed E-state index contributed by atoms with van der Waals surface area (Å²) in [6.45, 7) is 0.731. The van der Waals surface area contributed by atoms with Gasteiger partial charge in [-0.1, -0.05) is 0 Å². The number of carbonyl (C=O) groups is 1. The fraction of sp³-hybridized carbons (Fsp3) is 0.667. The Hall–Kier alpha value is -1.43. The highest BCUT2D eigenvalue weighted by atomic mass is 16.1. The first kappa shape index (κ1) is 10.1. The number of aryl methyl sites for hydroxylation is 1. The number of amides is 1. The molecule has 1 aliphatic carbocycles. The molecule has 1 aromatic rings. The molecule has 0 aromatic carbocycles. The van der Waals surface area contributed by atoms with Crippen LogP contribution in [-0.4, -0.2) is 33.3 Å². The minimum Gasteiger partial charge on any atom is -0.313 e. The number of anilines is 1. The van der Waals surface area contributed by atoms with Crippen molar-refractivity contribution in [1.82, 2.24) is 20.1 Å². The van der Waals surface area contributed by atoms with Crippen molar-refractivity contribution < 1.29 is 4.79 Å². The molecular weight excluding hydrogens is 194 g/mol. The molecule has 6 nitrogen and oxygen atoms in total. The van der Waals surface area contributed by atoms with E-state index in [0.717, 1.165) is 6.54 Å². The molecule has 0 atom stereocenters. The summed E-state index contributed by atoms with van der Waals surface area (Å²) in [5.41, 5.74) is 0. The number of aromatic nitrogens is 3. The Balaban J connectivity index is 1.69. The van der Waals surface area contributed by atoms with Crippen LogP contribution in [0.25, 0.3) is 0 Å². The van der Waals surface area contributed by atoms with Gasteiger partial charge in [-0.25, -0.2) is 4.68 Å². The van der Waals surface area contributed by atoms with E-state index in [1.165, 1.54) is 23.9 Å². The summed E-state index contributed by atoms with van der Waals surface area (Å²) in [6.07, 6.45) is 4.37. The van der Waals surface area contributed by atoms with Gasteiger partial charge in [0.1, 0.15) is 6.33 Å². The van der Waals surface area contributed by atoms with Crippen LogP contribution >= 0.6 is 0 Å². The summed E-state index contributed by atoms with van der Waals surface area (Å²) in [4.78, 5) is 15.3. The highest BCUT2D eigenvalue weighted by Crippen LogP contribution is 2.18. The van der Waals surface area contributed by atoms with Gasteiger partial charge in [0, 0.05) is 26.1 Å². The number of hydrogen-bond donors (Lipinski definition) is 2. The zero-order chi connectivity index (χ0) is 10.7.